The van der Waals surface area contributed by atoms with Crippen LogP contribution in [0.1, 0.15) is 26.7 Å². The van der Waals surface area contributed by atoms with E-state index in [0.717, 1.165) is 0 Å². The van der Waals surface area contributed by atoms with E-state index in [2.05, 4.69) is 5.32 Å². The lowest BCUT2D eigenvalue weighted by atomic mass is 10.3. The molecule has 1 N–H and O–H groups in total. The van der Waals surface area contributed by atoms with Crippen LogP contribution in [-0.4, -0.2) is 50.9 Å². The summed E-state index contributed by atoms with van der Waals surface area (Å²) < 4.78 is 37.1. The Labute approximate surface area is 193 Å². The van der Waals surface area contributed by atoms with Crippen LogP contribution in [0.5, 0.6) is 5.75 Å². The number of carbonyl (C=O) groups excluding carboxylic acids is 2. The number of amides is 1. The lowest BCUT2D eigenvalue weighted by Gasteiger charge is -2.19. The summed E-state index contributed by atoms with van der Waals surface area (Å²) in [4.78, 5) is 24.0. The maximum absolute atomic E-state index is 12.7. The van der Waals surface area contributed by atoms with E-state index in [4.69, 9.17) is 21.1 Å². The fraction of sp³-hybridized carbons (Fsp3) is 0.364. The van der Waals surface area contributed by atoms with Crippen LogP contribution in [0.25, 0.3) is 0 Å². The van der Waals surface area contributed by atoms with Crippen molar-refractivity contribution in [1.29, 1.82) is 0 Å². The Kier molecular flexibility index (Phi) is 9.96. The van der Waals surface area contributed by atoms with E-state index in [1.54, 1.807) is 13.8 Å². The summed E-state index contributed by atoms with van der Waals surface area (Å²) in [5, 5.41) is 2.65. The van der Waals surface area contributed by atoms with Gasteiger partial charge in [0, 0.05) is 19.5 Å². The van der Waals surface area contributed by atoms with E-state index in [0.29, 0.717) is 31.9 Å². The third kappa shape index (κ3) is 7.51. The maximum atomic E-state index is 12.7. The molecular weight excluding hydrogens is 456 g/mol. The minimum absolute atomic E-state index is 0.0105. The predicted molar refractivity (Wildman–Crippen MR) is 122 cm³/mol. The molecule has 0 aliphatic heterocycles. The Morgan fingerprint density at radius 3 is 2.41 bits per heavy atom. The van der Waals surface area contributed by atoms with E-state index in [1.807, 2.05) is 30.3 Å². The van der Waals surface area contributed by atoms with Gasteiger partial charge in [0.05, 0.1) is 22.2 Å². The fourth-order valence-electron chi connectivity index (χ4n) is 2.80. The van der Waals surface area contributed by atoms with E-state index in [-0.39, 0.29) is 22.0 Å². The number of hydrogen-bond acceptors (Lipinski definition) is 6. The van der Waals surface area contributed by atoms with Crippen LogP contribution in [0, 0.1) is 0 Å². The number of rotatable bonds is 12. The molecule has 0 fully saturated rings. The minimum Gasteiger partial charge on any atom is -0.494 e. The average Bonchev–Trinajstić information content (AvgIpc) is 2.78. The zero-order valence-corrected chi connectivity index (χ0v) is 19.6. The molecule has 2 rings (SSSR count). The molecule has 0 spiro atoms. The summed E-state index contributed by atoms with van der Waals surface area (Å²) in [6.45, 7) is 3.94. The molecule has 0 aliphatic rings. The van der Waals surface area contributed by atoms with E-state index in [1.165, 1.54) is 22.5 Å². The molecule has 0 heterocycles. The van der Waals surface area contributed by atoms with Gasteiger partial charge in [-0.3, -0.25) is 9.59 Å². The minimum atomic E-state index is -3.71. The second kappa shape index (κ2) is 12.4. The summed E-state index contributed by atoms with van der Waals surface area (Å²) in [6.07, 6.45) is 0.533. The number of halogens is 1. The highest BCUT2D eigenvalue weighted by Crippen LogP contribution is 2.27. The third-order valence-electron chi connectivity index (χ3n) is 4.46. The molecule has 1 amide bonds. The Morgan fingerprint density at radius 2 is 1.75 bits per heavy atom. The molecule has 0 atom stereocenters. The summed E-state index contributed by atoms with van der Waals surface area (Å²) in [5.41, 5.74) is 0.122. The van der Waals surface area contributed by atoms with Gasteiger partial charge < -0.3 is 14.8 Å². The third-order valence-corrected chi connectivity index (χ3v) is 6.83. The molecule has 0 aromatic heterocycles. The van der Waals surface area contributed by atoms with E-state index >= 15 is 0 Å². The summed E-state index contributed by atoms with van der Waals surface area (Å²) >= 11 is 6.09. The van der Waals surface area contributed by atoms with Crippen LogP contribution < -0.4 is 10.1 Å². The van der Waals surface area contributed by atoms with Gasteiger partial charge in [0.1, 0.15) is 5.75 Å². The number of ether oxygens (including phenoxy) is 2. The zero-order valence-electron chi connectivity index (χ0n) is 18.0. The first-order valence-electron chi connectivity index (χ1n) is 10.2. The summed E-state index contributed by atoms with van der Waals surface area (Å²) in [5.74, 6) is -0.457. The molecule has 0 unspecified atom stereocenters. The molecule has 0 saturated heterocycles. The summed E-state index contributed by atoms with van der Waals surface area (Å²) in [6, 6.07) is 13.3. The molecule has 2 aromatic rings. The summed E-state index contributed by atoms with van der Waals surface area (Å²) in [7, 11) is -3.71. The van der Waals surface area contributed by atoms with Crippen molar-refractivity contribution in [2.24, 2.45) is 0 Å². The van der Waals surface area contributed by atoms with E-state index < -0.39 is 28.5 Å². The van der Waals surface area contributed by atoms with Crippen LogP contribution in [0.3, 0.4) is 0 Å². The van der Waals surface area contributed by atoms with Gasteiger partial charge in [-0.15, -0.1) is 0 Å². The number of benzene rings is 2. The topological polar surface area (TPSA) is 102 Å². The smallest absolute Gasteiger partial charge is 0.306 e. The van der Waals surface area contributed by atoms with Crippen LogP contribution in [0.4, 0.5) is 5.69 Å². The number of hydrogen-bond donors (Lipinski definition) is 1. The van der Waals surface area contributed by atoms with Gasteiger partial charge in [0.25, 0.3) is 5.91 Å². The van der Waals surface area contributed by atoms with Crippen molar-refractivity contribution in [2.75, 3.05) is 31.6 Å². The lowest BCUT2D eigenvalue weighted by Crippen LogP contribution is -2.30. The highest BCUT2D eigenvalue weighted by atomic mass is 35.5. The number of esters is 1. The van der Waals surface area contributed by atoms with Gasteiger partial charge in [-0.05, 0) is 36.8 Å². The highest BCUT2D eigenvalue weighted by Gasteiger charge is 2.23. The number of anilines is 1. The van der Waals surface area contributed by atoms with Gasteiger partial charge >= 0.3 is 5.97 Å². The van der Waals surface area contributed by atoms with Gasteiger partial charge in [0.15, 0.2) is 6.61 Å². The van der Waals surface area contributed by atoms with Crippen LogP contribution >= 0.6 is 11.6 Å². The van der Waals surface area contributed by atoms with Crippen molar-refractivity contribution in [3.05, 3.63) is 53.6 Å². The van der Waals surface area contributed by atoms with Gasteiger partial charge in [-0.2, -0.15) is 4.31 Å². The van der Waals surface area contributed by atoms with Crippen molar-refractivity contribution < 1.29 is 27.5 Å². The first kappa shape index (κ1) is 25.6. The first-order chi connectivity index (χ1) is 15.3. The van der Waals surface area contributed by atoms with Crippen molar-refractivity contribution in [1.82, 2.24) is 4.31 Å². The normalized spacial score (nSPS) is 11.2. The van der Waals surface area contributed by atoms with Crippen LogP contribution in [0.15, 0.2) is 53.4 Å². The molecule has 32 heavy (non-hydrogen) atoms. The molecule has 2 aromatic carbocycles. The van der Waals surface area contributed by atoms with Crippen molar-refractivity contribution in [3.8, 4) is 5.75 Å². The second-order valence-electron chi connectivity index (χ2n) is 6.70. The van der Waals surface area contributed by atoms with Gasteiger partial charge in [0.2, 0.25) is 10.0 Å². The quantitative estimate of drug-likeness (QED) is 0.365. The van der Waals surface area contributed by atoms with Crippen molar-refractivity contribution in [2.45, 2.75) is 31.6 Å². The molecule has 0 radical (unpaired) electrons. The van der Waals surface area contributed by atoms with Crippen LogP contribution in [0.2, 0.25) is 5.02 Å². The molecule has 0 saturated carbocycles. The molecular formula is C22H27ClN2O6S. The number of nitrogens with zero attached hydrogens (tertiary/aromatic N) is 1. The number of para-hydroxylation sites is 1. The van der Waals surface area contributed by atoms with Gasteiger partial charge in [-0.25, -0.2) is 8.42 Å². The standard InChI is InChI=1S/C22H27ClN2O6S/c1-3-25(4-2)32(28,29)18-12-13-19(23)20(15-18)24-21(26)16-31-22(27)11-8-14-30-17-9-6-5-7-10-17/h5-7,9-10,12-13,15H,3-4,8,11,14,16H2,1-2H3,(H,24,26). The monoisotopic (exact) mass is 482 g/mol. The zero-order chi connectivity index (χ0) is 23.6. The number of nitrogens with one attached hydrogen (secondary N) is 1. The number of sulfonamides is 1. The van der Waals surface area contributed by atoms with E-state index in [9.17, 15) is 18.0 Å². The van der Waals surface area contributed by atoms with Gasteiger partial charge in [-0.1, -0.05) is 43.6 Å². The Bertz CT molecular complexity index is 1010. The first-order valence-corrected chi connectivity index (χ1v) is 12.0. The average molecular weight is 483 g/mol. The predicted octanol–water partition coefficient (Wildman–Crippen LogP) is 3.71. The maximum Gasteiger partial charge on any atom is 0.306 e. The fourth-order valence-corrected chi connectivity index (χ4v) is 4.45. The van der Waals surface area contributed by atoms with Crippen molar-refractivity contribution in [3.63, 3.8) is 0 Å². The molecule has 174 valence electrons. The Morgan fingerprint density at radius 1 is 1.06 bits per heavy atom. The van der Waals surface area contributed by atoms with Crippen molar-refractivity contribution >= 4 is 39.2 Å². The highest BCUT2D eigenvalue weighted by molar-refractivity contribution is 7.89. The Balaban J connectivity index is 1.84. The molecule has 0 aliphatic carbocycles. The second-order valence-corrected chi connectivity index (χ2v) is 9.05. The SMILES string of the molecule is CCN(CC)S(=O)(=O)c1ccc(Cl)c(NC(=O)COC(=O)CCCOc2ccccc2)c1. The molecule has 10 heteroatoms. The largest absolute Gasteiger partial charge is 0.494 e. The lowest BCUT2D eigenvalue weighted by molar-refractivity contribution is -0.147. The Hall–Kier alpha value is -2.62. The van der Waals surface area contributed by atoms with Crippen LogP contribution in [-0.2, 0) is 24.3 Å². The molecule has 8 nitrogen and oxygen atoms in total. The number of carbonyl (C=O) groups is 2. The molecule has 0 bridgehead atoms.